The van der Waals surface area contributed by atoms with Gasteiger partial charge in [-0.05, 0) is 49.9 Å². The van der Waals surface area contributed by atoms with Crippen molar-refractivity contribution in [2.45, 2.75) is 39.2 Å². The van der Waals surface area contributed by atoms with Crippen LogP contribution in [0, 0.1) is 6.92 Å². The molecule has 0 radical (unpaired) electrons. The van der Waals surface area contributed by atoms with E-state index in [-0.39, 0.29) is 0 Å². The molecule has 0 aliphatic carbocycles. The van der Waals surface area contributed by atoms with Crippen LogP contribution in [0.3, 0.4) is 0 Å². The number of nitrogens with one attached hydrogen (secondary N) is 1. The Morgan fingerprint density at radius 1 is 1.21 bits per heavy atom. The molecule has 0 spiro atoms. The van der Waals surface area contributed by atoms with E-state index in [1.165, 1.54) is 16.7 Å². The number of benzene rings is 1. The fourth-order valence-electron chi connectivity index (χ4n) is 2.47. The number of hydrogen-bond donors (Lipinski definition) is 1. The molecule has 0 amide bonds. The van der Waals surface area contributed by atoms with Gasteiger partial charge >= 0.3 is 0 Å². The smallest absolute Gasteiger partial charge is 0.0935 e. The predicted molar refractivity (Wildman–Crippen MR) is 79.4 cm³/mol. The molecule has 1 aromatic carbocycles. The van der Waals surface area contributed by atoms with Crippen molar-refractivity contribution in [3.05, 3.63) is 59.5 Å². The topological polar surface area (TPSA) is 25.2 Å². The minimum Gasteiger partial charge on any atom is -0.472 e. The van der Waals surface area contributed by atoms with Gasteiger partial charge in [0.15, 0.2) is 0 Å². The monoisotopic (exact) mass is 257 g/mol. The van der Waals surface area contributed by atoms with Gasteiger partial charge in [-0.1, -0.05) is 36.8 Å². The minimum atomic E-state index is 0.517. The van der Waals surface area contributed by atoms with E-state index >= 15 is 0 Å². The van der Waals surface area contributed by atoms with E-state index < -0.39 is 0 Å². The van der Waals surface area contributed by atoms with Crippen molar-refractivity contribution >= 4 is 0 Å². The van der Waals surface area contributed by atoms with Crippen LogP contribution >= 0.6 is 0 Å². The summed E-state index contributed by atoms with van der Waals surface area (Å²) in [5.41, 5.74) is 4.04. The fourth-order valence-corrected chi connectivity index (χ4v) is 2.47. The molecule has 2 aromatic rings. The van der Waals surface area contributed by atoms with Gasteiger partial charge in [0, 0.05) is 6.04 Å². The third-order valence-corrected chi connectivity index (χ3v) is 3.42. The van der Waals surface area contributed by atoms with Gasteiger partial charge in [0.1, 0.15) is 0 Å². The molecule has 1 unspecified atom stereocenters. The van der Waals surface area contributed by atoms with Gasteiger partial charge in [-0.25, -0.2) is 0 Å². The first-order chi connectivity index (χ1) is 9.28. The molecule has 1 aromatic heterocycles. The molecular weight excluding hydrogens is 234 g/mol. The first-order valence-electron chi connectivity index (χ1n) is 7.08. The van der Waals surface area contributed by atoms with Gasteiger partial charge in [-0.2, -0.15) is 0 Å². The lowest BCUT2D eigenvalue weighted by molar-refractivity contribution is 0.486. The molecule has 1 heterocycles. The van der Waals surface area contributed by atoms with E-state index in [4.69, 9.17) is 4.42 Å². The molecule has 0 saturated heterocycles. The van der Waals surface area contributed by atoms with E-state index in [0.29, 0.717) is 6.04 Å². The quantitative estimate of drug-likeness (QED) is 0.817. The van der Waals surface area contributed by atoms with Gasteiger partial charge in [-0.3, -0.25) is 0 Å². The number of aryl methyl sites for hydroxylation is 2. The lowest BCUT2D eigenvalue weighted by Gasteiger charge is -2.17. The second-order valence-electron chi connectivity index (χ2n) is 5.12. The zero-order valence-corrected chi connectivity index (χ0v) is 11.9. The Balaban J connectivity index is 1.89. The van der Waals surface area contributed by atoms with Crippen LogP contribution in [0.1, 0.15) is 30.0 Å². The van der Waals surface area contributed by atoms with Gasteiger partial charge in [0.2, 0.25) is 0 Å². The molecule has 0 aliphatic rings. The molecule has 19 heavy (non-hydrogen) atoms. The maximum absolute atomic E-state index is 5.14. The summed E-state index contributed by atoms with van der Waals surface area (Å²) in [5, 5.41) is 3.56. The summed E-state index contributed by atoms with van der Waals surface area (Å²) in [6.07, 6.45) is 6.91. The second-order valence-corrected chi connectivity index (χ2v) is 5.12. The van der Waals surface area contributed by atoms with Crippen LogP contribution in [0.15, 0.2) is 47.3 Å². The Bertz CT molecular complexity index is 476. The average Bonchev–Trinajstić information content (AvgIpc) is 2.89. The molecule has 2 rings (SSSR count). The van der Waals surface area contributed by atoms with Crippen molar-refractivity contribution in [1.29, 1.82) is 0 Å². The highest BCUT2D eigenvalue weighted by Gasteiger charge is 2.09. The van der Waals surface area contributed by atoms with E-state index in [9.17, 15) is 0 Å². The Hall–Kier alpha value is -1.54. The fraction of sp³-hybridized carbons (Fsp3) is 0.412. The van der Waals surface area contributed by atoms with Crippen molar-refractivity contribution < 1.29 is 4.42 Å². The molecule has 0 aliphatic heterocycles. The Morgan fingerprint density at radius 3 is 2.79 bits per heavy atom. The lowest BCUT2D eigenvalue weighted by atomic mass is 9.99. The number of furan rings is 1. The maximum atomic E-state index is 5.14. The van der Waals surface area contributed by atoms with Crippen molar-refractivity contribution in [1.82, 2.24) is 5.32 Å². The normalized spacial score (nSPS) is 12.5. The Labute approximate surface area is 115 Å². The Kier molecular flexibility index (Phi) is 5.22. The third kappa shape index (κ3) is 4.56. The summed E-state index contributed by atoms with van der Waals surface area (Å²) >= 11 is 0. The largest absolute Gasteiger partial charge is 0.472 e. The molecular formula is C17H23NO. The predicted octanol–water partition coefficient (Wildman–Crippen LogP) is 3.74. The molecule has 0 fully saturated rings. The molecule has 0 saturated carbocycles. The number of rotatable bonds is 7. The minimum absolute atomic E-state index is 0.517. The lowest BCUT2D eigenvalue weighted by Crippen LogP contribution is -2.31. The zero-order valence-electron chi connectivity index (χ0n) is 11.9. The molecule has 0 bridgehead atoms. The summed E-state index contributed by atoms with van der Waals surface area (Å²) < 4.78 is 5.14. The van der Waals surface area contributed by atoms with E-state index in [1.807, 2.05) is 6.26 Å². The maximum Gasteiger partial charge on any atom is 0.0935 e. The Morgan fingerprint density at radius 2 is 2.11 bits per heavy atom. The van der Waals surface area contributed by atoms with Crippen molar-refractivity contribution in [2.24, 2.45) is 0 Å². The van der Waals surface area contributed by atoms with E-state index in [0.717, 1.165) is 25.8 Å². The summed E-state index contributed by atoms with van der Waals surface area (Å²) in [6.45, 7) is 5.32. The summed E-state index contributed by atoms with van der Waals surface area (Å²) in [4.78, 5) is 0. The van der Waals surface area contributed by atoms with Crippen LogP contribution < -0.4 is 5.32 Å². The number of hydrogen-bond acceptors (Lipinski definition) is 2. The van der Waals surface area contributed by atoms with Crippen molar-refractivity contribution in [3.63, 3.8) is 0 Å². The van der Waals surface area contributed by atoms with Crippen LogP contribution in [-0.2, 0) is 12.8 Å². The van der Waals surface area contributed by atoms with Crippen LogP contribution in [-0.4, -0.2) is 12.6 Å². The summed E-state index contributed by atoms with van der Waals surface area (Å²) in [7, 11) is 0. The van der Waals surface area contributed by atoms with Crippen LogP contribution in [0.2, 0.25) is 0 Å². The molecule has 1 atom stereocenters. The number of likely N-dealkylation sites (N-methyl/N-ethyl adjacent to an activating group) is 1. The van der Waals surface area contributed by atoms with Crippen LogP contribution in [0.25, 0.3) is 0 Å². The highest BCUT2D eigenvalue weighted by molar-refractivity contribution is 5.22. The molecule has 1 N–H and O–H groups in total. The summed E-state index contributed by atoms with van der Waals surface area (Å²) in [5.74, 6) is 0. The highest BCUT2D eigenvalue weighted by atomic mass is 16.3. The second kappa shape index (κ2) is 7.15. The molecule has 102 valence electrons. The van der Waals surface area contributed by atoms with Crippen molar-refractivity contribution in [3.8, 4) is 0 Å². The standard InChI is InChI=1S/C17H23NO/c1-3-18-17(12-16-9-10-19-13-16)8-7-15-6-4-5-14(2)11-15/h4-6,9-11,13,17-18H,3,7-8,12H2,1-2H3. The molecule has 2 heteroatoms. The molecule has 2 nitrogen and oxygen atoms in total. The van der Waals surface area contributed by atoms with Crippen molar-refractivity contribution in [2.75, 3.05) is 6.54 Å². The highest BCUT2D eigenvalue weighted by Crippen LogP contribution is 2.12. The van der Waals surface area contributed by atoms with Crippen LogP contribution in [0.5, 0.6) is 0 Å². The van der Waals surface area contributed by atoms with E-state index in [2.05, 4.69) is 49.5 Å². The first-order valence-corrected chi connectivity index (χ1v) is 7.08. The van der Waals surface area contributed by atoms with Gasteiger partial charge in [0.25, 0.3) is 0 Å². The third-order valence-electron chi connectivity index (χ3n) is 3.42. The van der Waals surface area contributed by atoms with Gasteiger partial charge < -0.3 is 9.73 Å². The van der Waals surface area contributed by atoms with Crippen LogP contribution in [0.4, 0.5) is 0 Å². The zero-order chi connectivity index (χ0) is 13.5. The van der Waals surface area contributed by atoms with Gasteiger partial charge in [-0.15, -0.1) is 0 Å². The SMILES string of the molecule is CCNC(CCc1cccc(C)c1)Cc1ccoc1. The first kappa shape index (κ1) is 13.9. The van der Waals surface area contributed by atoms with Gasteiger partial charge in [0.05, 0.1) is 12.5 Å². The van der Waals surface area contributed by atoms with E-state index in [1.54, 1.807) is 6.26 Å². The average molecular weight is 257 g/mol. The summed E-state index contributed by atoms with van der Waals surface area (Å²) in [6, 6.07) is 11.4.